The van der Waals surface area contributed by atoms with Gasteiger partial charge in [-0.05, 0) is 34.1 Å². The smallest absolute Gasteiger partial charge is 0.329 e. The van der Waals surface area contributed by atoms with Crippen molar-refractivity contribution in [2.75, 3.05) is 36.4 Å². The maximum atomic E-state index is 12.7. The molecule has 2 heterocycles. The highest BCUT2D eigenvalue weighted by Crippen LogP contribution is 2.30. The van der Waals surface area contributed by atoms with Crippen LogP contribution < -0.4 is 21.0 Å². The van der Waals surface area contributed by atoms with Gasteiger partial charge in [0.05, 0.1) is 24.6 Å². The van der Waals surface area contributed by atoms with Crippen LogP contribution in [0.25, 0.3) is 0 Å². The number of aromatic nitrogens is 2. The summed E-state index contributed by atoms with van der Waals surface area (Å²) >= 11 is 0. The molecule has 0 aromatic carbocycles. The van der Waals surface area contributed by atoms with Crippen molar-refractivity contribution in [3.63, 3.8) is 0 Å². The van der Waals surface area contributed by atoms with Crippen molar-refractivity contribution in [2.24, 2.45) is 18.4 Å². The lowest BCUT2D eigenvalue weighted by molar-refractivity contribution is -0.153. The molecule has 0 aliphatic carbocycles. The lowest BCUT2D eigenvalue weighted by Crippen LogP contribution is -2.38. The lowest BCUT2D eigenvalue weighted by Gasteiger charge is -2.23. The van der Waals surface area contributed by atoms with E-state index in [1.54, 1.807) is 44.4 Å². The SMILES string of the molecule is CCOC(=O)C(C)CCN1CN(COC(=O)C(C)(C)C)c2c1[nH]c(=O)n(C)c2=O. The minimum atomic E-state index is -0.673. The molecule has 0 spiro atoms. The Hall–Kier alpha value is -2.78. The Balaban J connectivity index is 2.22. The Kier molecular flexibility index (Phi) is 6.76. The summed E-state index contributed by atoms with van der Waals surface area (Å²) in [5, 5.41) is 0. The number of carbonyl (C=O) groups excluding carboxylic acids is 2. The van der Waals surface area contributed by atoms with Gasteiger partial charge in [0.1, 0.15) is 11.5 Å². The first-order chi connectivity index (χ1) is 13.5. The molecule has 1 aromatic rings. The number of aromatic amines is 1. The molecular weight excluding hydrogens is 380 g/mol. The summed E-state index contributed by atoms with van der Waals surface area (Å²) in [5.74, 6) is -0.652. The molecule has 1 aliphatic heterocycles. The average molecular weight is 410 g/mol. The Morgan fingerprint density at radius 2 is 1.83 bits per heavy atom. The second kappa shape index (κ2) is 8.71. The predicted molar refractivity (Wildman–Crippen MR) is 108 cm³/mol. The monoisotopic (exact) mass is 410 g/mol. The molecule has 0 fully saturated rings. The second-order valence-electron chi connectivity index (χ2n) is 8.19. The van der Waals surface area contributed by atoms with Gasteiger partial charge in [-0.3, -0.25) is 23.9 Å². The summed E-state index contributed by atoms with van der Waals surface area (Å²) in [5.41, 5.74) is -1.42. The number of nitrogens with zero attached hydrogens (tertiary/aromatic N) is 3. The van der Waals surface area contributed by atoms with Crippen molar-refractivity contribution < 1.29 is 19.1 Å². The topological polar surface area (TPSA) is 114 Å². The summed E-state index contributed by atoms with van der Waals surface area (Å²) in [6, 6.07) is 0. The van der Waals surface area contributed by atoms with Crippen LogP contribution in [-0.2, 0) is 26.1 Å². The molecule has 0 bridgehead atoms. The van der Waals surface area contributed by atoms with E-state index in [0.717, 1.165) is 4.57 Å². The largest absolute Gasteiger partial charge is 0.466 e. The highest BCUT2D eigenvalue weighted by atomic mass is 16.5. The standard InChI is InChI=1S/C19H30N4O6/c1-7-28-16(25)12(2)8-9-22-10-23(11-29-17(26)19(3,4)5)13-14(22)20-18(27)21(6)15(13)24/h12H,7-11H2,1-6H3,(H,20,27). The molecule has 10 nitrogen and oxygen atoms in total. The fourth-order valence-electron chi connectivity index (χ4n) is 2.85. The van der Waals surface area contributed by atoms with Crippen LogP contribution in [-0.4, -0.2) is 48.0 Å². The number of hydrogen-bond donors (Lipinski definition) is 1. The molecule has 1 N–H and O–H groups in total. The van der Waals surface area contributed by atoms with E-state index in [9.17, 15) is 19.2 Å². The fraction of sp³-hybridized carbons (Fsp3) is 0.684. The molecule has 29 heavy (non-hydrogen) atoms. The maximum Gasteiger partial charge on any atom is 0.329 e. The quantitative estimate of drug-likeness (QED) is 0.657. The molecule has 0 radical (unpaired) electrons. The highest BCUT2D eigenvalue weighted by Gasteiger charge is 2.33. The van der Waals surface area contributed by atoms with Gasteiger partial charge in [0.15, 0.2) is 6.73 Å². The van der Waals surface area contributed by atoms with E-state index in [0.29, 0.717) is 25.4 Å². The number of nitrogens with one attached hydrogen (secondary N) is 1. The van der Waals surface area contributed by atoms with Crippen LogP contribution in [0.5, 0.6) is 0 Å². The van der Waals surface area contributed by atoms with Gasteiger partial charge in [0.25, 0.3) is 5.56 Å². The minimum Gasteiger partial charge on any atom is -0.466 e. The average Bonchev–Trinajstić information content (AvgIpc) is 2.99. The predicted octanol–water partition coefficient (Wildman–Crippen LogP) is 0.794. The Labute approximate surface area is 169 Å². The van der Waals surface area contributed by atoms with E-state index in [2.05, 4.69) is 4.98 Å². The number of rotatable bonds is 7. The summed E-state index contributed by atoms with van der Waals surface area (Å²) in [7, 11) is 1.38. The van der Waals surface area contributed by atoms with Crippen molar-refractivity contribution in [3.05, 3.63) is 20.8 Å². The van der Waals surface area contributed by atoms with E-state index >= 15 is 0 Å². The molecule has 2 rings (SSSR count). The first-order valence-electron chi connectivity index (χ1n) is 9.64. The number of ether oxygens (including phenoxy) is 2. The van der Waals surface area contributed by atoms with Crippen molar-refractivity contribution in [3.8, 4) is 0 Å². The van der Waals surface area contributed by atoms with Gasteiger partial charge in [-0.25, -0.2) is 4.79 Å². The van der Waals surface area contributed by atoms with E-state index in [1.165, 1.54) is 7.05 Å². The van der Waals surface area contributed by atoms with Crippen molar-refractivity contribution in [1.82, 2.24) is 9.55 Å². The third kappa shape index (κ3) is 4.99. The zero-order valence-electron chi connectivity index (χ0n) is 17.9. The molecular formula is C19H30N4O6. The molecule has 0 saturated heterocycles. The lowest BCUT2D eigenvalue weighted by atomic mass is 9.98. The van der Waals surface area contributed by atoms with E-state index in [4.69, 9.17) is 9.47 Å². The minimum absolute atomic E-state index is 0.117. The van der Waals surface area contributed by atoms with Crippen LogP contribution >= 0.6 is 0 Å². The molecule has 162 valence electrons. The van der Waals surface area contributed by atoms with Gasteiger partial charge >= 0.3 is 17.6 Å². The first-order valence-corrected chi connectivity index (χ1v) is 9.64. The van der Waals surface area contributed by atoms with E-state index in [1.807, 2.05) is 0 Å². The maximum absolute atomic E-state index is 12.7. The van der Waals surface area contributed by atoms with Crippen LogP contribution in [0.2, 0.25) is 0 Å². The second-order valence-corrected chi connectivity index (χ2v) is 8.19. The van der Waals surface area contributed by atoms with Gasteiger partial charge in [-0.1, -0.05) is 6.92 Å². The summed E-state index contributed by atoms with van der Waals surface area (Å²) < 4.78 is 11.4. The Bertz CT molecular complexity index is 882. The summed E-state index contributed by atoms with van der Waals surface area (Å²) in [4.78, 5) is 54.8. The van der Waals surface area contributed by atoms with Crippen LogP contribution in [0, 0.1) is 11.3 Å². The molecule has 0 saturated carbocycles. The zero-order chi connectivity index (χ0) is 21.9. The van der Waals surface area contributed by atoms with Crippen LogP contribution in [0.15, 0.2) is 9.59 Å². The summed E-state index contributed by atoms with van der Waals surface area (Å²) in [6.07, 6.45) is 0.477. The van der Waals surface area contributed by atoms with Gasteiger partial charge in [0, 0.05) is 13.6 Å². The van der Waals surface area contributed by atoms with E-state index < -0.39 is 22.6 Å². The Morgan fingerprint density at radius 3 is 2.41 bits per heavy atom. The van der Waals surface area contributed by atoms with Gasteiger partial charge in [0.2, 0.25) is 0 Å². The number of H-pyrrole nitrogens is 1. The molecule has 1 unspecified atom stereocenters. The highest BCUT2D eigenvalue weighted by molar-refractivity contribution is 5.76. The van der Waals surface area contributed by atoms with Crippen molar-refractivity contribution in [1.29, 1.82) is 0 Å². The molecule has 1 aromatic heterocycles. The van der Waals surface area contributed by atoms with Crippen molar-refractivity contribution in [2.45, 2.75) is 41.0 Å². The molecule has 0 amide bonds. The number of carbonyl (C=O) groups is 2. The fourth-order valence-corrected chi connectivity index (χ4v) is 2.85. The van der Waals surface area contributed by atoms with Crippen molar-refractivity contribution >= 4 is 23.4 Å². The van der Waals surface area contributed by atoms with Gasteiger partial charge in [-0.15, -0.1) is 0 Å². The normalized spacial score (nSPS) is 14.6. The molecule has 1 aliphatic rings. The van der Waals surface area contributed by atoms with Crippen LogP contribution in [0.1, 0.15) is 41.0 Å². The van der Waals surface area contributed by atoms with Gasteiger partial charge in [-0.2, -0.15) is 0 Å². The number of hydrogen-bond acceptors (Lipinski definition) is 8. The van der Waals surface area contributed by atoms with E-state index in [-0.39, 0.29) is 31.0 Å². The van der Waals surface area contributed by atoms with Gasteiger partial charge < -0.3 is 19.3 Å². The number of anilines is 2. The zero-order valence-corrected chi connectivity index (χ0v) is 17.9. The van der Waals surface area contributed by atoms with Crippen LogP contribution in [0.4, 0.5) is 11.5 Å². The first kappa shape index (κ1) is 22.5. The number of fused-ring (bicyclic) bond motifs is 1. The third-order valence-corrected chi connectivity index (χ3v) is 4.72. The Morgan fingerprint density at radius 1 is 1.17 bits per heavy atom. The van der Waals surface area contributed by atoms with Crippen LogP contribution in [0.3, 0.4) is 0 Å². The third-order valence-electron chi connectivity index (χ3n) is 4.72. The summed E-state index contributed by atoms with van der Waals surface area (Å²) in [6.45, 7) is 9.60. The molecule has 1 atom stereocenters. The molecule has 10 heteroatoms. The number of esters is 2.